The molecular weight excluding hydrogens is 454 g/mol. The van der Waals surface area contributed by atoms with Crippen LogP contribution in [-0.4, -0.2) is 34.4 Å². The monoisotopic (exact) mass is 475 g/mol. The van der Waals surface area contributed by atoms with Crippen LogP contribution in [0.3, 0.4) is 0 Å². The third-order valence-corrected chi connectivity index (χ3v) is 5.53. The van der Waals surface area contributed by atoms with E-state index in [1.54, 1.807) is 19.2 Å². The van der Waals surface area contributed by atoms with Crippen molar-refractivity contribution in [3.05, 3.63) is 70.9 Å². The number of hydrogen-bond acceptors (Lipinski definition) is 6. The third-order valence-electron chi connectivity index (χ3n) is 5.22. The van der Waals surface area contributed by atoms with Gasteiger partial charge in [-0.15, -0.1) is 0 Å². The predicted octanol–water partition coefficient (Wildman–Crippen LogP) is 5.06. The van der Waals surface area contributed by atoms with Crippen LogP contribution in [0.2, 0.25) is 5.02 Å². The second-order valence-electron chi connectivity index (χ2n) is 7.51. The van der Waals surface area contributed by atoms with Crippen molar-refractivity contribution in [3.8, 4) is 23.4 Å². The highest BCUT2D eigenvalue weighted by atomic mass is 35.5. The van der Waals surface area contributed by atoms with Crippen LogP contribution in [0, 0.1) is 18.3 Å². The number of aryl methyl sites for hydroxylation is 1. The minimum atomic E-state index is -0.267. The molecule has 172 valence electrons. The number of hydrogen-bond donors (Lipinski definition) is 1. The van der Waals surface area contributed by atoms with Crippen LogP contribution in [0.4, 0.5) is 5.82 Å². The number of benzene rings is 2. The molecule has 0 saturated heterocycles. The first-order valence-corrected chi connectivity index (χ1v) is 11.0. The van der Waals surface area contributed by atoms with E-state index in [1.165, 1.54) is 10.9 Å². The zero-order valence-corrected chi connectivity index (χ0v) is 19.5. The molecule has 8 nitrogen and oxygen atoms in total. The molecule has 0 radical (unpaired) electrons. The molecule has 9 heteroatoms. The number of methoxy groups -OCH3 is 1. The van der Waals surface area contributed by atoms with Crippen molar-refractivity contribution in [2.45, 2.75) is 19.8 Å². The molecule has 2 heterocycles. The Morgan fingerprint density at radius 2 is 2.00 bits per heavy atom. The quantitative estimate of drug-likeness (QED) is 0.357. The first-order valence-electron chi connectivity index (χ1n) is 10.6. The highest BCUT2D eigenvalue weighted by molar-refractivity contribution is 6.32. The summed E-state index contributed by atoms with van der Waals surface area (Å²) in [6.45, 7) is 2.28. The van der Waals surface area contributed by atoms with Crippen molar-refractivity contribution in [2.75, 3.05) is 19.0 Å². The van der Waals surface area contributed by atoms with Crippen molar-refractivity contribution < 1.29 is 14.3 Å². The van der Waals surface area contributed by atoms with Gasteiger partial charge in [0, 0.05) is 11.8 Å². The first-order chi connectivity index (χ1) is 16.5. The van der Waals surface area contributed by atoms with E-state index in [4.69, 9.17) is 26.1 Å². The lowest BCUT2D eigenvalue weighted by Gasteiger charge is -2.13. The number of pyridine rings is 1. The number of para-hydroxylation sites is 2. The van der Waals surface area contributed by atoms with Gasteiger partial charge in [0.15, 0.2) is 11.6 Å². The van der Waals surface area contributed by atoms with Crippen molar-refractivity contribution in [1.29, 1.82) is 5.26 Å². The van der Waals surface area contributed by atoms with E-state index in [9.17, 15) is 10.1 Å². The van der Waals surface area contributed by atoms with E-state index in [-0.39, 0.29) is 23.7 Å². The van der Waals surface area contributed by atoms with Gasteiger partial charge < -0.3 is 14.8 Å². The minimum Gasteiger partial charge on any atom is -0.494 e. The van der Waals surface area contributed by atoms with Crippen LogP contribution < -0.4 is 14.8 Å². The highest BCUT2D eigenvalue weighted by Crippen LogP contribution is 2.29. The molecule has 4 rings (SSSR count). The average Bonchev–Trinajstić information content (AvgIpc) is 3.24. The Balaban J connectivity index is 1.52. The van der Waals surface area contributed by atoms with Crippen LogP contribution in [0.25, 0.3) is 16.7 Å². The topological polar surface area (TPSA) is 102 Å². The summed E-state index contributed by atoms with van der Waals surface area (Å²) in [4.78, 5) is 17.3. The fraction of sp³-hybridized carbons (Fsp3) is 0.200. The Hall–Kier alpha value is -4.09. The number of nitrogens with one attached hydrogen (secondary N) is 1. The summed E-state index contributed by atoms with van der Waals surface area (Å²) in [5.41, 5.74) is 1.87. The maximum atomic E-state index is 12.6. The Labute approximate surface area is 201 Å². The van der Waals surface area contributed by atoms with E-state index in [0.717, 1.165) is 10.9 Å². The van der Waals surface area contributed by atoms with Crippen molar-refractivity contribution in [3.63, 3.8) is 0 Å². The van der Waals surface area contributed by atoms with Gasteiger partial charge in [0.1, 0.15) is 28.6 Å². The number of amides is 1. The average molecular weight is 476 g/mol. The molecule has 0 aliphatic carbocycles. The Morgan fingerprint density at radius 1 is 1.21 bits per heavy atom. The largest absolute Gasteiger partial charge is 0.494 e. The van der Waals surface area contributed by atoms with Crippen LogP contribution in [0.5, 0.6) is 11.5 Å². The molecule has 0 atom stereocenters. The van der Waals surface area contributed by atoms with Gasteiger partial charge in [0.25, 0.3) is 0 Å². The maximum absolute atomic E-state index is 12.6. The predicted molar refractivity (Wildman–Crippen MR) is 130 cm³/mol. The van der Waals surface area contributed by atoms with Gasteiger partial charge in [0.05, 0.1) is 24.9 Å². The van der Waals surface area contributed by atoms with Crippen molar-refractivity contribution in [1.82, 2.24) is 14.8 Å². The summed E-state index contributed by atoms with van der Waals surface area (Å²) in [5.74, 6) is 1.66. The minimum absolute atomic E-state index is 0.193. The van der Waals surface area contributed by atoms with Gasteiger partial charge >= 0.3 is 0 Å². The van der Waals surface area contributed by atoms with E-state index < -0.39 is 0 Å². The molecule has 0 unspecified atom stereocenters. The summed E-state index contributed by atoms with van der Waals surface area (Å²) in [6.07, 6.45) is 2.07. The maximum Gasteiger partial charge on any atom is 0.225 e. The number of carbonyl (C=O) groups is 1. The molecular formula is C25H22ClN5O3. The Morgan fingerprint density at radius 3 is 2.76 bits per heavy atom. The summed E-state index contributed by atoms with van der Waals surface area (Å²) < 4.78 is 12.5. The number of halogens is 1. The Kier molecular flexibility index (Phi) is 6.95. The van der Waals surface area contributed by atoms with Crippen LogP contribution in [0.15, 0.2) is 54.7 Å². The lowest BCUT2D eigenvalue weighted by Crippen LogP contribution is -2.17. The number of rotatable bonds is 8. The number of anilines is 1. The van der Waals surface area contributed by atoms with Crippen molar-refractivity contribution >= 4 is 34.2 Å². The summed E-state index contributed by atoms with van der Waals surface area (Å²) in [6, 6.07) is 16.8. The van der Waals surface area contributed by atoms with Gasteiger partial charge in [-0.3, -0.25) is 4.79 Å². The fourth-order valence-electron chi connectivity index (χ4n) is 3.54. The standard InChI is InChI=1S/C25H22ClN5O3/c1-16-13-22(29-24-18(16)7-5-10-21(24)33-2)31-25(17(14-27)15-28-31)30-23(32)11-6-12-34-20-9-4-3-8-19(20)26/h3-5,7-10,13,15H,6,11-12H2,1-2H3,(H,30,32). The zero-order chi connectivity index (χ0) is 24.1. The molecule has 4 aromatic rings. The fourth-order valence-corrected chi connectivity index (χ4v) is 3.73. The number of nitrogens with zero attached hydrogens (tertiary/aromatic N) is 4. The van der Waals surface area contributed by atoms with Crippen LogP contribution in [0.1, 0.15) is 24.0 Å². The van der Waals surface area contributed by atoms with E-state index in [2.05, 4.69) is 16.5 Å². The molecule has 0 aliphatic heterocycles. The van der Waals surface area contributed by atoms with Gasteiger partial charge in [-0.05, 0) is 43.2 Å². The number of fused-ring (bicyclic) bond motifs is 1. The summed E-state index contributed by atoms with van der Waals surface area (Å²) in [5, 5.41) is 18.1. The molecule has 1 N–H and O–H groups in total. The molecule has 0 aliphatic rings. The molecule has 0 spiro atoms. The lowest BCUT2D eigenvalue weighted by atomic mass is 10.1. The summed E-state index contributed by atoms with van der Waals surface area (Å²) >= 11 is 6.08. The SMILES string of the molecule is COc1cccc2c(C)cc(-n3ncc(C#N)c3NC(=O)CCCOc3ccccc3Cl)nc12. The zero-order valence-electron chi connectivity index (χ0n) is 18.7. The highest BCUT2D eigenvalue weighted by Gasteiger charge is 2.18. The molecule has 0 fully saturated rings. The second-order valence-corrected chi connectivity index (χ2v) is 7.92. The van der Waals surface area contributed by atoms with Crippen molar-refractivity contribution in [2.24, 2.45) is 0 Å². The smallest absolute Gasteiger partial charge is 0.225 e. The molecule has 0 saturated carbocycles. The van der Waals surface area contributed by atoms with E-state index in [0.29, 0.717) is 40.9 Å². The van der Waals surface area contributed by atoms with Crippen LogP contribution >= 0.6 is 11.6 Å². The molecule has 2 aromatic carbocycles. The molecule has 1 amide bonds. The Bertz CT molecular complexity index is 1390. The van der Waals surface area contributed by atoms with Gasteiger partial charge in [-0.1, -0.05) is 35.9 Å². The second kappa shape index (κ2) is 10.2. The normalized spacial score (nSPS) is 10.6. The molecule has 34 heavy (non-hydrogen) atoms. The molecule has 2 aromatic heterocycles. The van der Waals surface area contributed by atoms with Gasteiger partial charge in [0.2, 0.25) is 5.91 Å². The van der Waals surface area contributed by atoms with Crippen LogP contribution in [-0.2, 0) is 4.79 Å². The lowest BCUT2D eigenvalue weighted by molar-refractivity contribution is -0.116. The molecule has 0 bridgehead atoms. The van der Waals surface area contributed by atoms with Gasteiger partial charge in [-0.2, -0.15) is 15.0 Å². The number of aromatic nitrogens is 3. The number of ether oxygens (including phenoxy) is 2. The first kappa shape index (κ1) is 23.1. The summed E-state index contributed by atoms with van der Waals surface area (Å²) in [7, 11) is 1.58. The third kappa shape index (κ3) is 4.80. The van der Waals surface area contributed by atoms with Gasteiger partial charge in [-0.25, -0.2) is 4.98 Å². The number of carbonyl (C=O) groups excluding carboxylic acids is 1. The van der Waals surface area contributed by atoms with E-state index >= 15 is 0 Å². The van der Waals surface area contributed by atoms with E-state index in [1.807, 2.05) is 43.3 Å². The number of nitriles is 1.